The van der Waals surface area contributed by atoms with Crippen LogP contribution in [-0.2, 0) is 11.2 Å². The van der Waals surface area contributed by atoms with Gasteiger partial charge in [-0.05, 0) is 38.8 Å². The van der Waals surface area contributed by atoms with Crippen LogP contribution in [0.25, 0.3) is 0 Å². The summed E-state index contributed by atoms with van der Waals surface area (Å²) in [7, 11) is 0. The smallest absolute Gasteiger partial charge is 0.227 e. The topological polar surface area (TPSA) is 44.1 Å². The van der Waals surface area contributed by atoms with E-state index >= 15 is 0 Å². The summed E-state index contributed by atoms with van der Waals surface area (Å²) in [5.74, 6) is -0.0270. The number of rotatable bonds is 5. The molecule has 1 aromatic carbocycles. The molecule has 0 aromatic heterocycles. The van der Waals surface area contributed by atoms with Crippen molar-refractivity contribution in [2.45, 2.75) is 34.1 Å². The summed E-state index contributed by atoms with van der Waals surface area (Å²) in [5.41, 5.74) is 3.39. The van der Waals surface area contributed by atoms with E-state index in [2.05, 4.69) is 18.2 Å². The first-order valence-electron chi connectivity index (χ1n) is 6.71. The molecule has 0 spiro atoms. The Kier molecular flexibility index (Phi) is 5.57. The molecule has 0 heterocycles. The Labute approximate surface area is 115 Å². The summed E-state index contributed by atoms with van der Waals surface area (Å²) in [6.07, 6.45) is 0.416. The zero-order valence-electron chi connectivity index (χ0n) is 12.2. The zero-order chi connectivity index (χ0) is 14.4. The van der Waals surface area contributed by atoms with Crippen LogP contribution < -0.4 is 0 Å². The van der Waals surface area contributed by atoms with Crippen LogP contribution in [0.2, 0.25) is 0 Å². The minimum atomic E-state index is -0.123. The van der Waals surface area contributed by atoms with E-state index in [9.17, 15) is 4.79 Å². The Hall–Kier alpha value is -1.82. The second-order valence-corrected chi connectivity index (χ2v) is 5.07. The maximum Gasteiger partial charge on any atom is 0.227 e. The van der Waals surface area contributed by atoms with Crippen molar-refractivity contribution in [3.05, 3.63) is 34.9 Å². The number of aryl methyl sites for hydroxylation is 2. The van der Waals surface area contributed by atoms with Crippen molar-refractivity contribution in [2.24, 2.45) is 5.92 Å². The average Bonchev–Trinajstić information content (AvgIpc) is 2.39. The normalized spacial score (nSPS) is 11.7. The number of nitrogens with zero attached hydrogens (tertiary/aromatic N) is 2. The number of likely N-dealkylation sites (N-methyl/N-ethyl adjacent to an activating group) is 1. The van der Waals surface area contributed by atoms with Crippen molar-refractivity contribution in [1.29, 1.82) is 5.26 Å². The van der Waals surface area contributed by atoms with Gasteiger partial charge >= 0.3 is 0 Å². The van der Waals surface area contributed by atoms with Gasteiger partial charge in [0.2, 0.25) is 5.91 Å². The van der Waals surface area contributed by atoms with Gasteiger partial charge in [-0.2, -0.15) is 5.26 Å². The van der Waals surface area contributed by atoms with Gasteiger partial charge in [0.1, 0.15) is 0 Å². The van der Waals surface area contributed by atoms with Crippen LogP contribution in [0.5, 0.6) is 0 Å². The predicted octanol–water partition coefficient (Wildman–Crippen LogP) is 2.85. The van der Waals surface area contributed by atoms with Crippen LogP contribution in [0.1, 0.15) is 30.5 Å². The molecule has 1 amide bonds. The molecule has 1 atom stereocenters. The second-order valence-electron chi connectivity index (χ2n) is 5.07. The predicted molar refractivity (Wildman–Crippen MR) is 76.7 cm³/mol. The largest absolute Gasteiger partial charge is 0.341 e. The molecule has 102 valence electrons. The van der Waals surface area contributed by atoms with Crippen LogP contribution in [0.3, 0.4) is 0 Å². The number of hydrogen-bond acceptors (Lipinski definition) is 2. The highest BCUT2D eigenvalue weighted by molar-refractivity contribution is 5.79. The van der Waals surface area contributed by atoms with Gasteiger partial charge < -0.3 is 4.90 Å². The number of benzene rings is 1. The summed E-state index contributed by atoms with van der Waals surface area (Å²) >= 11 is 0. The van der Waals surface area contributed by atoms with Crippen molar-refractivity contribution in [3.8, 4) is 6.07 Å². The van der Waals surface area contributed by atoms with Gasteiger partial charge in [0.05, 0.1) is 18.4 Å². The standard InChI is InChI=1S/C16H22N2O/c1-5-18(11-13(3)10-17)16(19)9-15-8-12(2)6-7-14(15)4/h6-8,13H,5,9,11H2,1-4H3. The van der Waals surface area contributed by atoms with Gasteiger partial charge in [0.15, 0.2) is 0 Å². The summed E-state index contributed by atoms with van der Waals surface area (Å²) < 4.78 is 0. The zero-order valence-corrected chi connectivity index (χ0v) is 12.2. The van der Waals surface area contributed by atoms with Gasteiger partial charge in [-0.15, -0.1) is 0 Å². The van der Waals surface area contributed by atoms with E-state index in [0.717, 1.165) is 11.1 Å². The number of nitriles is 1. The minimum Gasteiger partial charge on any atom is -0.341 e. The molecule has 0 aliphatic carbocycles. The molecule has 3 nitrogen and oxygen atoms in total. The Morgan fingerprint density at radius 1 is 1.42 bits per heavy atom. The van der Waals surface area contributed by atoms with E-state index in [-0.39, 0.29) is 11.8 Å². The fourth-order valence-electron chi connectivity index (χ4n) is 2.04. The van der Waals surface area contributed by atoms with Crippen LogP contribution in [0, 0.1) is 31.1 Å². The third-order valence-electron chi connectivity index (χ3n) is 3.30. The van der Waals surface area contributed by atoms with Crippen LogP contribution >= 0.6 is 0 Å². The number of hydrogen-bond donors (Lipinski definition) is 0. The second kappa shape index (κ2) is 6.94. The summed E-state index contributed by atoms with van der Waals surface area (Å²) in [4.78, 5) is 14.0. The van der Waals surface area contributed by atoms with Crippen molar-refractivity contribution in [2.75, 3.05) is 13.1 Å². The highest BCUT2D eigenvalue weighted by Crippen LogP contribution is 2.13. The lowest BCUT2D eigenvalue weighted by Gasteiger charge is -2.22. The first-order chi connectivity index (χ1) is 8.97. The minimum absolute atomic E-state index is 0.0956. The lowest BCUT2D eigenvalue weighted by Crippen LogP contribution is -2.35. The molecule has 0 fully saturated rings. The average molecular weight is 258 g/mol. The molecule has 1 rings (SSSR count). The van der Waals surface area contributed by atoms with E-state index in [0.29, 0.717) is 19.5 Å². The summed E-state index contributed by atoms with van der Waals surface area (Å²) in [6, 6.07) is 8.34. The molecule has 0 aliphatic heterocycles. The monoisotopic (exact) mass is 258 g/mol. The quantitative estimate of drug-likeness (QED) is 0.815. The lowest BCUT2D eigenvalue weighted by atomic mass is 10.0. The van der Waals surface area contributed by atoms with Crippen LogP contribution in [-0.4, -0.2) is 23.9 Å². The molecule has 0 saturated carbocycles. The lowest BCUT2D eigenvalue weighted by molar-refractivity contribution is -0.130. The van der Waals surface area contributed by atoms with Gasteiger partial charge in [0, 0.05) is 13.1 Å². The molecule has 19 heavy (non-hydrogen) atoms. The molecule has 1 unspecified atom stereocenters. The first kappa shape index (κ1) is 15.2. The number of amides is 1. The third-order valence-corrected chi connectivity index (χ3v) is 3.30. The summed E-state index contributed by atoms with van der Waals surface area (Å²) in [5, 5.41) is 8.84. The maximum atomic E-state index is 12.3. The number of carbonyl (C=O) groups excluding carboxylic acids is 1. The molecule has 0 saturated heterocycles. The van der Waals surface area contributed by atoms with Gasteiger partial charge in [-0.1, -0.05) is 23.8 Å². The summed E-state index contributed by atoms with van der Waals surface area (Å²) in [6.45, 7) is 9.00. The third kappa shape index (κ3) is 4.40. The van der Waals surface area contributed by atoms with Crippen molar-refractivity contribution in [3.63, 3.8) is 0 Å². The molecule has 0 radical (unpaired) electrons. The van der Waals surface area contributed by atoms with E-state index in [1.165, 1.54) is 5.56 Å². The number of carbonyl (C=O) groups is 1. The van der Waals surface area contributed by atoms with E-state index in [1.54, 1.807) is 4.90 Å². The maximum absolute atomic E-state index is 12.3. The molecule has 1 aromatic rings. The molecule has 3 heteroatoms. The Morgan fingerprint density at radius 3 is 2.68 bits per heavy atom. The van der Waals surface area contributed by atoms with Crippen molar-refractivity contribution in [1.82, 2.24) is 4.90 Å². The fraction of sp³-hybridized carbons (Fsp3) is 0.500. The van der Waals surface area contributed by atoms with Gasteiger partial charge in [-0.25, -0.2) is 0 Å². The molecular formula is C16H22N2O. The SMILES string of the molecule is CCN(CC(C)C#N)C(=O)Cc1cc(C)ccc1C. The highest BCUT2D eigenvalue weighted by Gasteiger charge is 2.16. The van der Waals surface area contributed by atoms with E-state index < -0.39 is 0 Å². The Bertz CT molecular complexity index is 488. The fourth-order valence-corrected chi connectivity index (χ4v) is 2.04. The molecule has 0 N–H and O–H groups in total. The van der Waals surface area contributed by atoms with Crippen LogP contribution in [0.4, 0.5) is 0 Å². The van der Waals surface area contributed by atoms with Crippen molar-refractivity contribution >= 4 is 5.91 Å². The highest BCUT2D eigenvalue weighted by atomic mass is 16.2. The molecule has 0 bridgehead atoms. The first-order valence-corrected chi connectivity index (χ1v) is 6.71. The Morgan fingerprint density at radius 2 is 2.11 bits per heavy atom. The van der Waals surface area contributed by atoms with Crippen LogP contribution in [0.15, 0.2) is 18.2 Å². The van der Waals surface area contributed by atoms with Crippen molar-refractivity contribution < 1.29 is 4.79 Å². The van der Waals surface area contributed by atoms with Gasteiger partial charge in [0.25, 0.3) is 0 Å². The Balaban J connectivity index is 2.77. The van der Waals surface area contributed by atoms with E-state index in [1.807, 2.05) is 33.8 Å². The molecule has 0 aliphatic rings. The van der Waals surface area contributed by atoms with E-state index in [4.69, 9.17) is 5.26 Å². The molecular weight excluding hydrogens is 236 g/mol. The van der Waals surface area contributed by atoms with Gasteiger partial charge in [-0.3, -0.25) is 4.79 Å².